The van der Waals surface area contributed by atoms with Crippen molar-refractivity contribution in [3.63, 3.8) is 0 Å². The standard InChI is InChI=1S/C16H21NO/c1-3-15-9-10-16(18-15)12-17-13(2)11-14-7-5-4-6-8-14/h4-10,13,17H,3,11-12H2,1-2H3. The quantitative estimate of drug-likeness (QED) is 0.839. The van der Waals surface area contributed by atoms with Crippen LogP contribution in [0.25, 0.3) is 0 Å². The third-order valence-electron chi connectivity index (χ3n) is 3.08. The maximum absolute atomic E-state index is 5.67. The van der Waals surface area contributed by atoms with Crippen molar-refractivity contribution < 1.29 is 4.42 Å². The Balaban J connectivity index is 1.79. The first-order chi connectivity index (χ1) is 8.78. The van der Waals surface area contributed by atoms with Crippen molar-refractivity contribution in [3.05, 3.63) is 59.5 Å². The molecule has 0 aliphatic heterocycles. The fourth-order valence-corrected chi connectivity index (χ4v) is 2.02. The average Bonchev–Trinajstić information content (AvgIpc) is 2.85. The Morgan fingerprint density at radius 3 is 2.44 bits per heavy atom. The van der Waals surface area contributed by atoms with E-state index in [0.29, 0.717) is 6.04 Å². The highest BCUT2D eigenvalue weighted by Gasteiger charge is 2.05. The van der Waals surface area contributed by atoms with E-state index in [1.54, 1.807) is 0 Å². The number of nitrogens with one attached hydrogen (secondary N) is 1. The lowest BCUT2D eigenvalue weighted by atomic mass is 10.1. The molecule has 2 heteroatoms. The molecule has 0 saturated carbocycles. The van der Waals surface area contributed by atoms with Crippen molar-refractivity contribution in [1.29, 1.82) is 0 Å². The van der Waals surface area contributed by atoms with E-state index in [2.05, 4.69) is 61.6 Å². The van der Waals surface area contributed by atoms with Gasteiger partial charge in [0, 0.05) is 12.5 Å². The van der Waals surface area contributed by atoms with Gasteiger partial charge in [0.2, 0.25) is 0 Å². The molecule has 2 nitrogen and oxygen atoms in total. The van der Waals surface area contributed by atoms with Crippen LogP contribution in [0.1, 0.15) is 30.9 Å². The van der Waals surface area contributed by atoms with E-state index >= 15 is 0 Å². The minimum absolute atomic E-state index is 0.447. The van der Waals surface area contributed by atoms with Crippen molar-refractivity contribution in [3.8, 4) is 0 Å². The van der Waals surface area contributed by atoms with Crippen LogP contribution in [0, 0.1) is 0 Å². The molecule has 0 saturated heterocycles. The minimum Gasteiger partial charge on any atom is -0.465 e. The summed E-state index contributed by atoms with van der Waals surface area (Å²) in [7, 11) is 0. The van der Waals surface area contributed by atoms with Gasteiger partial charge in [0.25, 0.3) is 0 Å². The first kappa shape index (κ1) is 12.9. The summed E-state index contributed by atoms with van der Waals surface area (Å²) < 4.78 is 5.67. The maximum Gasteiger partial charge on any atom is 0.117 e. The van der Waals surface area contributed by atoms with Crippen molar-refractivity contribution >= 4 is 0 Å². The topological polar surface area (TPSA) is 25.2 Å². The molecule has 2 aromatic rings. The van der Waals surface area contributed by atoms with Gasteiger partial charge in [-0.1, -0.05) is 37.3 Å². The summed E-state index contributed by atoms with van der Waals surface area (Å²) in [5.74, 6) is 2.08. The Morgan fingerprint density at radius 2 is 1.78 bits per heavy atom. The lowest BCUT2D eigenvalue weighted by Crippen LogP contribution is -2.27. The van der Waals surface area contributed by atoms with Crippen molar-refractivity contribution in [2.75, 3.05) is 0 Å². The normalized spacial score (nSPS) is 12.6. The fourth-order valence-electron chi connectivity index (χ4n) is 2.02. The molecule has 1 unspecified atom stereocenters. The number of aryl methyl sites for hydroxylation is 1. The highest BCUT2D eigenvalue weighted by molar-refractivity contribution is 5.15. The number of rotatable bonds is 6. The predicted molar refractivity (Wildman–Crippen MR) is 74.5 cm³/mol. The van der Waals surface area contributed by atoms with E-state index in [4.69, 9.17) is 4.42 Å². The molecular formula is C16H21NO. The summed E-state index contributed by atoms with van der Waals surface area (Å²) in [6.45, 7) is 5.11. The summed E-state index contributed by atoms with van der Waals surface area (Å²) in [5.41, 5.74) is 1.37. The van der Waals surface area contributed by atoms with E-state index in [-0.39, 0.29) is 0 Å². The first-order valence-corrected chi connectivity index (χ1v) is 6.63. The van der Waals surface area contributed by atoms with Gasteiger partial charge >= 0.3 is 0 Å². The molecule has 2 rings (SSSR count). The Kier molecular flexibility index (Phi) is 4.59. The second-order valence-corrected chi connectivity index (χ2v) is 4.69. The molecule has 0 radical (unpaired) electrons. The van der Waals surface area contributed by atoms with Crippen LogP contribution in [0.2, 0.25) is 0 Å². The first-order valence-electron chi connectivity index (χ1n) is 6.63. The highest BCUT2D eigenvalue weighted by Crippen LogP contribution is 2.09. The molecule has 18 heavy (non-hydrogen) atoms. The van der Waals surface area contributed by atoms with Gasteiger partial charge in [0.1, 0.15) is 11.5 Å². The molecule has 1 heterocycles. The van der Waals surface area contributed by atoms with E-state index < -0.39 is 0 Å². The zero-order valence-electron chi connectivity index (χ0n) is 11.1. The van der Waals surface area contributed by atoms with Crippen molar-refractivity contribution in [2.24, 2.45) is 0 Å². The third-order valence-corrected chi connectivity index (χ3v) is 3.08. The largest absolute Gasteiger partial charge is 0.465 e. The SMILES string of the molecule is CCc1ccc(CNC(C)Cc2ccccc2)o1. The lowest BCUT2D eigenvalue weighted by molar-refractivity contribution is 0.431. The van der Waals surface area contributed by atoms with E-state index in [9.17, 15) is 0 Å². The Hall–Kier alpha value is -1.54. The summed E-state index contributed by atoms with van der Waals surface area (Å²) >= 11 is 0. The molecule has 1 atom stereocenters. The van der Waals surface area contributed by atoms with Crippen LogP contribution in [-0.4, -0.2) is 6.04 Å². The van der Waals surface area contributed by atoms with Crippen LogP contribution < -0.4 is 5.32 Å². The average molecular weight is 243 g/mol. The van der Waals surface area contributed by atoms with Crippen LogP contribution in [-0.2, 0) is 19.4 Å². The van der Waals surface area contributed by atoms with Crippen molar-refractivity contribution in [2.45, 2.75) is 39.3 Å². The van der Waals surface area contributed by atoms with Gasteiger partial charge in [-0.05, 0) is 31.0 Å². The smallest absolute Gasteiger partial charge is 0.117 e. The number of hydrogen-bond acceptors (Lipinski definition) is 2. The molecule has 0 fully saturated rings. The summed E-state index contributed by atoms with van der Waals surface area (Å²) in [6.07, 6.45) is 2.00. The van der Waals surface area contributed by atoms with Crippen molar-refractivity contribution in [1.82, 2.24) is 5.32 Å². The molecule has 1 aromatic heterocycles. The van der Waals surface area contributed by atoms with E-state index in [1.165, 1.54) is 5.56 Å². The minimum atomic E-state index is 0.447. The van der Waals surface area contributed by atoms with Gasteiger partial charge < -0.3 is 9.73 Å². The molecule has 0 spiro atoms. The van der Waals surface area contributed by atoms with Crippen LogP contribution in [0.5, 0.6) is 0 Å². The monoisotopic (exact) mass is 243 g/mol. The van der Waals surface area contributed by atoms with Crippen LogP contribution in [0.15, 0.2) is 46.9 Å². The van der Waals surface area contributed by atoms with Gasteiger partial charge in [0.05, 0.1) is 6.54 Å². The molecule has 0 aliphatic rings. The summed E-state index contributed by atoms with van der Waals surface area (Å²) in [4.78, 5) is 0. The van der Waals surface area contributed by atoms with Crippen LogP contribution in [0.3, 0.4) is 0 Å². The molecule has 1 N–H and O–H groups in total. The zero-order valence-corrected chi connectivity index (χ0v) is 11.1. The van der Waals surface area contributed by atoms with Gasteiger partial charge in [-0.25, -0.2) is 0 Å². The summed E-state index contributed by atoms with van der Waals surface area (Å²) in [5, 5.41) is 3.49. The number of benzene rings is 1. The molecule has 96 valence electrons. The maximum atomic E-state index is 5.67. The third kappa shape index (κ3) is 3.74. The van der Waals surface area contributed by atoms with E-state index in [0.717, 1.165) is 30.9 Å². The van der Waals surface area contributed by atoms with Gasteiger partial charge in [-0.3, -0.25) is 0 Å². The molecule has 0 amide bonds. The molecule has 1 aromatic carbocycles. The highest BCUT2D eigenvalue weighted by atomic mass is 16.3. The van der Waals surface area contributed by atoms with Crippen LogP contribution in [0.4, 0.5) is 0 Å². The number of furan rings is 1. The van der Waals surface area contributed by atoms with Gasteiger partial charge in [0.15, 0.2) is 0 Å². The predicted octanol–water partition coefficient (Wildman–Crippen LogP) is 3.56. The molecular weight excluding hydrogens is 222 g/mol. The molecule has 0 aliphatic carbocycles. The van der Waals surface area contributed by atoms with Gasteiger partial charge in [-0.15, -0.1) is 0 Å². The lowest BCUT2D eigenvalue weighted by Gasteiger charge is -2.12. The Morgan fingerprint density at radius 1 is 1.06 bits per heavy atom. The Bertz CT molecular complexity index is 461. The summed E-state index contributed by atoms with van der Waals surface area (Å²) in [6, 6.07) is 15.1. The second-order valence-electron chi connectivity index (χ2n) is 4.69. The number of hydrogen-bond donors (Lipinski definition) is 1. The fraction of sp³-hybridized carbons (Fsp3) is 0.375. The van der Waals surface area contributed by atoms with Gasteiger partial charge in [-0.2, -0.15) is 0 Å². The second kappa shape index (κ2) is 6.41. The van der Waals surface area contributed by atoms with Crippen LogP contribution >= 0.6 is 0 Å². The zero-order chi connectivity index (χ0) is 12.8. The molecule has 0 bridgehead atoms. The van der Waals surface area contributed by atoms with E-state index in [1.807, 2.05) is 0 Å². The Labute approximate surface area is 109 Å².